The maximum atomic E-state index is 11.4. The Morgan fingerprint density at radius 3 is 2.47 bits per heavy atom. The van der Waals surface area contributed by atoms with Gasteiger partial charge in [0.15, 0.2) is 0 Å². The molecule has 1 rings (SSSR count). The molecule has 0 unspecified atom stereocenters. The molecule has 0 aliphatic carbocycles. The quantitative estimate of drug-likeness (QED) is 0.807. The largest absolute Gasteiger partial charge is 0.352 e. The van der Waals surface area contributed by atoms with Gasteiger partial charge in [-0.2, -0.15) is 0 Å². The van der Waals surface area contributed by atoms with Gasteiger partial charge in [0.05, 0.1) is 0 Å². The Hall–Kier alpha value is -1.31. The first-order chi connectivity index (χ1) is 7.00. The van der Waals surface area contributed by atoms with E-state index in [1.165, 1.54) is 11.1 Å². The first-order valence-electron chi connectivity index (χ1n) is 5.34. The second-order valence-corrected chi connectivity index (χ2v) is 4.29. The highest BCUT2D eigenvalue weighted by Gasteiger charge is 2.05. The fraction of sp³-hybridized carbons (Fsp3) is 0.462. The average molecular weight is 205 g/mol. The van der Waals surface area contributed by atoms with Crippen molar-refractivity contribution in [2.45, 2.75) is 34.2 Å². The van der Waals surface area contributed by atoms with Gasteiger partial charge >= 0.3 is 0 Å². The third kappa shape index (κ3) is 3.39. The van der Waals surface area contributed by atoms with Crippen LogP contribution in [0.4, 0.5) is 0 Å². The van der Waals surface area contributed by atoms with Crippen molar-refractivity contribution in [2.24, 2.45) is 5.92 Å². The third-order valence-electron chi connectivity index (χ3n) is 2.56. The number of amides is 1. The number of benzene rings is 1. The van der Waals surface area contributed by atoms with Crippen molar-refractivity contribution in [1.82, 2.24) is 5.32 Å². The van der Waals surface area contributed by atoms with Gasteiger partial charge < -0.3 is 5.32 Å². The Morgan fingerprint density at radius 1 is 1.27 bits per heavy atom. The zero-order chi connectivity index (χ0) is 11.4. The van der Waals surface area contributed by atoms with E-state index in [0.29, 0.717) is 6.54 Å². The lowest BCUT2D eigenvalue weighted by atomic mass is 10.1. The Balaban J connectivity index is 2.58. The van der Waals surface area contributed by atoms with Gasteiger partial charge in [0.2, 0.25) is 5.91 Å². The van der Waals surface area contributed by atoms with Crippen LogP contribution in [0.15, 0.2) is 18.2 Å². The van der Waals surface area contributed by atoms with Crippen molar-refractivity contribution in [3.63, 3.8) is 0 Å². The normalized spacial score (nSPS) is 10.5. The van der Waals surface area contributed by atoms with Crippen LogP contribution in [-0.4, -0.2) is 5.91 Å². The summed E-state index contributed by atoms with van der Waals surface area (Å²) in [5.74, 6) is 0.157. The number of aryl methyl sites for hydroxylation is 2. The summed E-state index contributed by atoms with van der Waals surface area (Å²) in [5.41, 5.74) is 3.72. The fourth-order valence-corrected chi connectivity index (χ4v) is 1.31. The average Bonchev–Trinajstić information content (AvgIpc) is 2.19. The van der Waals surface area contributed by atoms with Gasteiger partial charge in [-0.15, -0.1) is 0 Å². The number of carbonyl (C=O) groups is 1. The van der Waals surface area contributed by atoms with Crippen molar-refractivity contribution >= 4 is 5.91 Å². The molecule has 0 aliphatic rings. The highest BCUT2D eigenvalue weighted by molar-refractivity contribution is 5.77. The van der Waals surface area contributed by atoms with Crippen molar-refractivity contribution in [1.29, 1.82) is 0 Å². The van der Waals surface area contributed by atoms with Gasteiger partial charge in [0.1, 0.15) is 0 Å². The summed E-state index contributed by atoms with van der Waals surface area (Å²) in [6.45, 7) is 8.60. The highest BCUT2D eigenvalue weighted by atomic mass is 16.1. The second-order valence-electron chi connectivity index (χ2n) is 4.29. The van der Waals surface area contributed by atoms with Crippen LogP contribution in [0.2, 0.25) is 0 Å². The summed E-state index contributed by atoms with van der Waals surface area (Å²) >= 11 is 0. The van der Waals surface area contributed by atoms with E-state index >= 15 is 0 Å². The number of rotatable bonds is 3. The van der Waals surface area contributed by atoms with Crippen LogP contribution in [0.5, 0.6) is 0 Å². The summed E-state index contributed by atoms with van der Waals surface area (Å²) in [4.78, 5) is 11.4. The minimum atomic E-state index is 0.0524. The predicted octanol–water partition coefficient (Wildman–Crippen LogP) is 2.58. The summed E-state index contributed by atoms with van der Waals surface area (Å²) in [6, 6.07) is 6.27. The zero-order valence-corrected chi connectivity index (χ0v) is 9.92. The maximum Gasteiger partial charge on any atom is 0.222 e. The van der Waals surface area contributed by atoms with Crippen LogP contribution in [0.1, 0.15) is 30.5 Å². The lowest BCUT2D eigenvalue weighted by Gasteiger charge is -2.09. The molecule has 0 aliphatic heterocycles. The number of hydrogen-bond acceptors (Lipinski definition) is 1. The first-order valence-corrected chi connectivity index (χ1v) is 5.34. The summed E-state index contributed by atoms with van der Waals surface area (Å²) in [6.07, 6.45) is 0. The van der Waals surface area contributed by atoms with E-state index in [1.807, 2.05) is 13.8 Å². The van der Waals surface area contributed by atoms with Crippen LogP contribution >= 0.6 is 0 Å². The van der Waals surface area contributed by atoms with Crippen LogP contribution in [0.25, 0.3) is 0 Å². The second kappa shape index (κ2) is 4.96. The van der Waals surface area contributed by atoms with E-state index in [1.54, 1.807) is 0 Å². The van der Waals surface area contributed by atoms with Crippen LogP contribution in [-0.2, 0) is 11.3 Å². The third-order valence-corrected chi connectivity index (χ3v) is 2.56. The summed E-state index contributed by atoms with van der Waals surface area (Å²) in [7, 11) is 0. The molecule has 0 spiro atoms. The molecule has 1 aromatic carbocycles. The molecular weight excluding hydrogens is 186 g/mol. The fourth-order valence-electron chi connectivity index (χ4n) is 1.31. The van der Waals surface area contributed by atoms with Crippen LogP contribution in [0.3, 0.4) is 0 Å². The van der Waals surface area contributed by atoms with Crippen LogP contribution in [0, 0.1) is 19.8 Å². The zero-order valence-electron chi connectivity index (χ0n) is 9.92. The molecule has 0 saturated heterocycles. The Kier molecular flexibility index (Phi) is 3.89. The monoisotopic (exact) mass is 205 g/mol. The van der Waals surface area contributed by atoms with Gasteiger partial charge in [0.25, 0.3) is 0 Å². The van der Waals surface area contributed by atoms with Gasteiger partial charge in [-0.3, -0.25) is 4.79 Å². The standard InChI is InChI=1S/C13H19NO/c1-9(2)13(15)14-8-12-6-5-10(3)11(4)7-12/h5-7,9H,8H2,1-4H3,(H,14,15). The lowest BCUT2D eigenvalue weighted by molar-refractivity contribution is -0.124. The van der Waals surface area contributed by atoms with Crippen molar-refractivity contribution in [3.05, 3.63) is 34.9 Å². The van der Waals surface area contributed by atoms with Crippen molar-refractivity contribution in [2.75, 3.05) is 0 Å². The molecular formula is C13H19NO. The SMILES string of the molecule is Cc1ccc(CNC(=O)C(C)C)cc1C. The Bertz CT molecular complexity index is 356. The molecule has 2 heteroatoms. The molecule has 0 radical (unpaired) electrons. The molecule has 0 saturated carbocycles. The van der Waals surface area contributed by atoms with Gasteiger partial charge in [-0.05, 0) is 30.5 Å². The maximum absolute atomic E-state index is 11.4. The summed E-state index contributed by atoms with van der Waals surface area (Å²) in [5, 5.41) is 2.91. The van der Waals surface area contributed by atoms with Gasteiger partial charge in [-0.25, -0.2) is 0 Å². The molecule has 0 aromatic heterocycles. The minimum absolute atomic E-state index is 0.0524. The van der Waals surface area contributed by atoms with Crippen LogP contribution < -0.4 is 5.32 Å². The number of carbonyl (C=O) groups excluding carboxylic acids is 1. The smallest absolute Gasteiger partial charge is 0.222 e. The molecule has 15 heavy (non-hydrogen) atoms. The molecule has 0 heterocycles. The van der Waals surface area contributed by atoms with E-state index < -0.39 is 0 Å². The topological polar surface area (TPSA) is 29.1 Å². The van der Waals surface area contributed by atoms with Crippen molar-refractivity contribution < 1.29 is 4.79 Å². The number of hydrogen-bond donors (Lipinski definition) is 1. The Morgan fingerprint density at radius 2 is 1.93 bits per heavy atom. The summed E-state index contributed by atoms with van der Waals surface area (Å²) < 4.78 is 0. The predicted molar refractivity (Wildman–Crippen MR) is 62.6 cm³/mol. The molecule has 82 valence electrons. The molecule has 1 amide bonds. The molecule has 0 fully saturated rings. The van der Waals surface area contributed by atoms with E-state index in [4.69, 9.17) is 0 Å². The lowest BCUT2D eigenvalue weighted by Crippen LogP contribution is -2.27. The molecule has 2 nitrogen and oxygen atoms in total. The highest BCUT2D eigenvalue weighted by Crippen LogP contribution is 2.09. The molecule has 1 aromatic rings. The van der Waals surface area contributed by atoms with E-state index in [9.17, 15) is 4.79 Å². The van der Waals surface area contributed by atoms with E-state index in [0.717, 1.165) is 5.56 Å². The molecule has 0 bridgehead atoms. The Labute approximate surface area is 91.7 Å². The van der Waals surface area contributed by atoms with Crippen molar-refractivity contribution in [3.8, 4) is 0 Å². The van der Waals surface area contributed by atoms with Gasteiger partial charge in [-0.1, -0.05) is 32.0 Å². The molecule has 0 atom stereocenters. The van der Waals surface area contributed by atoms with Gasteiger partial charge in [0, 0.05) is 12.5 Å². The first kappa shape index (κ1) is 11.8. The van der Waals surface area contributed by atoms with E-state index in [-0.39, 0.29) is 11.8 Å². The number of nitrogens with one attached hydrogen (secondary N) is 1. The minimum Gasteiger partial charge on any atom is -0.352 e. The molecule has 1 N–H and O–H groups in total. The van der Waals surface area contributed by atoms with E-state index in [2.05, 4.69) is 37.4 Å².